The highest BCUT2D eigenvalue weighted by atomic mass is 15.2. The Labute approximate surface area is 169 Å². The number of aryl methyl sites for hydroxylation is 1. The number of imidazole rings is 1. The molecule has 2 aliphatic rings. The summed E-state index contributed by atoms with van der Waals surface area (Å²) >= 11 is 0. The largest absolute Gasteiger partial charge is 0.295 e. The van der Waals surface area contributed by atoms with Gasteiger partial charge in [-0.25, -0.2) is 4.57 Å². The van der Waals surface area contributed by atoms with E-state index in [-0.39, 0.29) is 0 Å². The van der Waals surface area contributed by atoms with Crippen LogP contribution in [0.15, 0.2) is 60.7 Å². The smallest absolute Gasteiger partial charge is 0.216 e. The van der Waals surface area contributed by atoms with Gasteiger partial charge in [-0.2, -0.15) is 4.57 Å². The van der Waals surface area contributed by atoms with Crippen LogP contribution in [0.4, 0.5) is 0 Å². The summed E-state index contributed by atoms with van der Waals surface area (Å²) in [4.78, 5) is 0. The van der Waals surface area contributed by atoms with Crippen LogP contribution in [0, 0.1) is 19.8 Å². The van der Waals surface area contributed by atoms with Crippen LogP contribution >= 0.6 is 0 Å². The van der Waals surface area contributed by atoms with Gasteiger partial charge in [-0.1, -0.05) is 55.7 Å². The molecule has 142 valence electrons. The summed E-state index contributed by atoms with van der Waals surface area (Å²) in [6.07, 6.45) is 10.4. The normalized spacial score (nSPS) is 22.3. The highest BCUT2D eigenvalue weighted by molar-refractivity contribution is 5.62. The Hall–Kier alpha value is -2.61. The lowest BCUT2D eigenvalue weighted by Crippen LogP contribution is -2.43. The lowest BCUT2D eigenvalue weighted by Gasteiger charge is -2.25. The molecule has 0 N–H and O–H groups in total. The van der Waals surface area contributed by atoms with E-state index in [1.807, 2.05) is 0 Å². The zero-order chi connectivity index (χ0) is 20.0. The fourth-order valence-corrected chi connectivity index (χ4v) is 5.02. The van der Waals surface area contributed by atoms with Gasteiger partial charge >= 0.3 is 0 Å². The van der Waals surface area contributed by atoms with Gasteiger partial charge in [0.25, 0.3) is 5.82 Å². The molecule has 1 aliphatic carbocycles. The average Bonchev–Trinajstić information content (AvgIpc) is 3.26. The van der Waals surface area contributed by atoms with Crippen molar-refractivity contribution in [2.24, 2.45) is 5.92 Å². The molecule has 0 bridgehead atoms. The SMILES string of the molecule is [2H]C1(C2CCCCC2)C=Cc2c(C)n(-c3ccccc3C)c(-c3ccccc3)[n+]21. The minimum absolute atomic E-state index is 0.369. The second-order valence-electron chi connectivity index (χ2n) is 8.21. The first-order chi connectivity index (χ1) is 14.1. The van der Waals surface area contributed by atoms with E-state index < -0.39 is 6.02 Å². The maximum atomic E-state index is 9.64. The second kappa shape index (κ2) is 7.09. The van der Waals surface area contributed by atoms with Crippen LogP contribution in [0.3, 0.4) is 0 Å². The number of aromatic nitrogens is 2. The van der Waals surface area contributed by atoms with Crippen LogP contribution in [0.1, 0.15) is 56.4 Å². The van der Waals surface area contributed by atoms with Crippen molar-refractivity contribution in [3.8, 4) is 17.1 Å². The molecule has 2 nitrogen and oxygen atoms in total. The van der Waals surface area contributed by atoms with E-state index in [0.717, 1.165) is 18.7 Å². The van der Waals surface area contributed by atoms with Crippen molar-refractivity contribution in [3.05, 3.63) is 77.6 Å². The fraction of sp³-hybridized carbons (Fsp3) is 0.346. The van der Waals surface area contributed by atoms with Gasteiger partial charge < -0.3 is 0 Å². The minimum Gasteiger partial charge on any atom is -0.216 e. The van der Waals surface area contributed by atoms with E-state index in [4.69, 9.17) is 0 Å². The number of allylic oxidation sites excluding steroid dienone is 1. The van der Waals surface area contributed by atoms with E-state index in [1.54, 1.807) is 0 Å². The van der Waals surface area contributed by atoms with E-state index in [0.29, 0.717) is 5.92 Å². The van der Waals surface area contributed by atoms with Gasteiger partial charge in [0.05, 0.1) is 6.93 Å². The number of nitrogens with zero attached hydrogens (tertiary/aromatic N) is 2. The van der Waals surface area contributed by atoms with E-state index in [9.17, 15) is 1.37 Å². The molecule has 1 atom stereocenters. The highest BCUT2D eigenvalue weighted by Gasteiger charge is 2.39. The molecule has 0 spiro atoms. The zero-order valence-corrected chi connectivity index (χ0v) is 16.9. The summed E-state index contributed by atoms with van der Waals surface area (Å²) in [5, 5.41) is 0. The molecule has 0 amide bonds. The molecule has 0 saturated heterocycles. The molecule has 1 fully saturated rings. The summed E-state index contributed by atoms with van der Waals surface area (Å²) < 4.78 is 14.3. The third-order valence-corrected chi connectivity index (χ3v) is 6.45. The van der Waals surface area contributed by atoms with Crippen LogP contribution in [0.5, 0.6) is 0 Å². The van der Waals surface area contributed by atoms with Gasteiger partial charge in [-0.05, 0) is 55.7 Å². The predicted molar refractivity (Wildman–Crippen MR) is 116 cm³/mol. The van der Waals surface area contributed by atoms with Gasteiger partial charge in [-0.15, -0.1) is 0 Å². The van der Waals surface area contributed by atoms with Crippen molar-refractivity contribution in [1.82, 2.24) is 4.57 Å². The van der Waals surface area contributed by atoms with Gasteiger partial charge in [0, 0.05) is 12.8 Å². The Morgan fingerprint density at radius 3 is 2.39 bits per heavy atom. The molecule has 3 aromatic rings. The van der Waals surface area contributed by atoms with Crippen molar-refractivity contribution in [1.29, 1.82) is 0 Å². The Balaban J connectivity index is 1.80. The minimum atomic E-state index is -0.709. The second-order valence-corrected chi connectivity index (χ2v) is 8.21. The average molecular weight is 371 g/mol. The summed E-state index contributed by atoms with van der Waals surface area (Å²) in [6.45, 7) is 4.37. The highest BCUT2D eigenvalue weighted by Crippen LogP contribution is 2.38. The van der Waals surface area contributed by atoms with E-state index >= 15 is 0 Å². The van der Waals surface area contributed by atoms with Gasteiger partial charge in [0.1, 0.15) is 11.7 Å². The van der Waals surface area contributed by atoms with Gasteiger partial charge in [0.15, 0.2) is 11.4 Å². The first-order valence-corrected chi connectivity index (χ1v) is 10.6. The summed E-state index contributed by atoms with van der Waals surface area (Å²) in [7, 11) is 0. The number of fused-ring (bicyclic) bond motifs is 1. The van der Waals surface area contributed by atoms with Gasteiger partial charge in [0.2, 0.25) is 0 Å². The molecule has 2 heterocycles. The molecule has 5 rings (SSSR count). The topological polar surface area (TPSA) is 8.81 Å². The maximum absolute atomic E-state index is 9.64. The molecule has 1 unspecified atom stereocenters. The van der Waals surface area contributed by atoms with Crippen LogP contribution in [0.25, 0.3) is 23.2 Å². The molecule has 0 radical (unpaired) electrons. The third kappa shape index (κ3) is 2.74. The first-order valence-electron chi connectivity index (χ1n) is 11.1. The quantitative estimate of drug-likeness (QED) is 0.486. The van der Waals surface area contributed by atoms with Crippen molar-refractivity contribution in [2.45, 2.75) is 52.0 Å². The van der Waals surface area contributed by atoms with Crippen LogP contribution in [-0.2, 0) is 0 Å². The van der Waals surface area contributed by atoms with E-state index in [1.165, 1.54) is 47.5 Å². The van der Waals surface area contributed by atoms with Crippen molar-refractivity contribution in [2.75, 3.05) is 0 Å². The molecular weight excluding hydrogens is 340 g/mol. The van der Waals surface area contributed by atoms with Crippen LogP contribution in [-0.4, -0.2) is 4.57 Å². The number of hydrogen-bond donors (Lipinski definition) is 0. The third-order valence-electron chi connectivity index (χ3n) is 6.45. The molecule has 2 aromatic carbocycles. The Bertz CT molecular complexity index is 1070. The maximum Gasteiger partial charge on any atom is 0.295 e. The van der Waals surface area contributed by atoms with Gasteiger partial charge in [-0.3, -0.25) is 0 Å². The van der Waals surface area contributed by atoms with Crippen molar-refractivity contribution in [3.63, 3.8) is 0 Å². The molecule has 2 heteroatoms. The first kappa shape index (κ1) is 16.4. The van der Waals surface area contributed by atoms with Crippen molar-refractivity contribution < 1.29 is 5.94 Å². The number of para-hydroxylation sites is 1. The Kier molecular flexibility index (Phi) is 4.14. The standard InChI is InChI=1S/C26H29N2/c1-19-11-9-10-16-23(19)27-20(2)24-17-18-25(21-12-5-3-6-13-21)28(24)26(27)22-14-7-4-8-15-22/h4,7-11,14-18,21,25H,3,5-6,12-13H2,1-2H3/q+1/i25D. The van der Waals surface area contributed by atoms with Crippen LogP contribution in [0.2, 0.25) is 0 Å². The number of rotatable bonds is 3. The lowest BCUT2D eigenvalue weighted by molar-refractivity contribution is -0.705. The van der Waals surface area contributed by atoms with Crippen LogP contribution < -0.4 is 4.57 Å². The molecule has 1 saturated carbocycles. The molecular formula is C26H29N2+. The number of hydrogen-bond acceptors (Lipinski definition) is 0. The van der Waals surface area contributed by atoms with E-state index in [2.05, 4.69) is 89.7 Å². The Morgan fingerprint density at radius 2 is 1.64 bits per heavy atom. The Morgan fingerprint density at radius 1 is 0.929 bits per heavy atom. The monoisotopic (exact) mass is 370 g/mol. The zero-order valence-electron chi connectivity index (χ0n) is 17.9. The molecule has 1 aromatic heterocycles. The molecule has 1 aliphatic heterocycles. The number of benzene rings is 2. The summed E-state index contributed by atoms with van der Waals surface area (Å²) in [6, 6.07) is 18.5. The molecule has 28 heavy (non-hydrogen) atoms. The predicted octanol–water partition coefficient (Wildman–Crippen LogP) is 6.20. The summed E-state index contributed by atoms with van der Waals surface area (Å²) in [5.41, 5.74) is 6.00. The fourth-order valence-electron chi connectivity index (χ4n) is 5.02. The lowest BCUT2D eigenvalue weighted by atomic mass is 9.84. The van der Waals surface area contributed by atoms with Crippen molar-refractivity contribution >= 4 is 6.08 Å². The summed E-state index contributed by atoms with van der Waals surface area (Å²) in [5.74, 6) is 1.49.